The Morgan fingerprint density at radius 3 is 2.28 bits per heavy atom. The SMILES string of the molecule is CC(Oc1ccc(C#N)cc1)C(=O)NCC12CC3CC(CC(C3)C1)C2. The minimum absolute atomic E-state index is 0.0416. The van der Waals surface area contributed by atoms with Crippen molar-refractivity contribution in [3.8, 4) is 11.8 Å². The van der Waals surface area contributed by atoms with Crippen molar-refractivity contribution in [3.05, 3.63) is 29.8 Å². The number of nitrogens with zero attached hydrogens (tertiary/aromatic N) is 1. The molecule has 0 radical (unpaired) electrons. The van der Waals surface area contributed by atoms with Crippen molar-refractivity contribution in [1.82, 2.24) is 5.32 Å². The lowest BCUT2D eigenvalue weighted by Crippen LogP contribution is -2.52. The first-order valence-electron chi connectivity index (χ1n) is 9.50. The van der Waals surface area contributed by atoms with Gasteiger partial charge < -0.3 is 10.1 Å². The molecule has 5 rings (SSSR count). The summed E-state index contributed by atoms with van der Waals surface area (Å²) in [4.78, 5) is 12.5. The number of amides is 1. The average Bonchev–Trinajstić information content (AvgIpc) is 2.59. The zero-order valence-corrected chi connectivity index (χ0v) is 14.8. The molecule has 4 heteroatoms. The highest BCUT2D eigenvalue weighted by Crippen LogP contribution is 2.59. The Morgan fingerprint density at radius 2 is 1.76 bits per heavy atom. The van der Waals surface area contributed by atoms with Gasteiger partial charge in [-0.3, -0.25) is 4.79 Å². The zero-order valence-electron chi connectivity index (χ0n) is 14.8. The van der Waals surface area contributed by atoms with Crippen LogP contribution in [0, 0.1) is 34.5 Å². The Kier molecular flexibility index (Phi) is 4.19. The molecule has 4 aliphatic carbocycles. The third-order valence-electron chi connectivity index (χ3n) is 6.47. The van der Waals surface area contributed by atoms with E-state index in [0.29, 0.717) is 16.7 Å². The molecule has 1 atom stereocenters. The maximum atomic E-state index is 12.5. The summed E-state index contributed by atoms with van der Waals surface area (Å²) in [5, 5.41) is 12.0. The molecule has 1 aromatic rings. The molecular formula is C21H26N2O2. The summed E-state index contributed by atoms with van der Waals surface area (Å²) in [6.07, 6.45) is 7.63. The van der Waals surface area contributed by atoms with Crippen LogP contribution in [-0.4, -0.2) is 18.6 Å². The Hall–Kier alpha value is -2.02. The second-order valence-corrected chi connectivity index (χ2v) is 8.53. The number of rotatable bonds is 5. The maximum Gasteiger partial charge on any atom is 0.260 e. The normalized spacial score (nSPS) is 33.5. The number of hydrogen-bond donors (Lipinski definition) is 1. The van der Waals surface area contributed by atoms with E-state index < -0.39 is 6.10 Å². The second-order valence-electron chi connectivity index (χ2n) is 8.53. The van der Waals surface area contributed by atoms with E-state index in [1.807, 2.05) is 0 Å². The van der Waals surface area contributed by atoms with Crippen LogP contribution in [0.4, 0.5) is 0 Å². The monoisotopic (exact) mass is 338 g/mol. The van der Waals surface area contributed by atoms with Gasteiger partial charge in [-0.25, -0.2) is 0 Å². The van der Waals surface area contributed by atoms with E-state index in [1.165, 1.54) is 38.5 Å². The molecule has 132 valence electrons. The predicted molar refractivity (Wildman–Crippen MR) is 94.9 cm³/mol. The minimum atomic E-state index is -0.526. The van der Waals surface area contributed by atoms with E-state index in [2.05, 4.69) is 11.4 Å². The molecule has 0 saturated heterocycles. The van der Waals surface area contributed by atoms with Gasteiger partial charge in [0.05, 0.1) is 11.6 Å². The van der Waals surface area contributed by atoms with Crippen LogP contribution < -0.4 is 10.1 Å². The van der Waals surface area contributed by atoms with Gasteiger partial charge >= 0.3 is 0 Å². The Bertz CT molecular complexity index is 654. The van der Waals surface area contributed by atoms with Gasteiger partial charge in [0.2, 0.25) is 0 Å². The topological polar surface area (TPSA) is 62.1 Å². The lowest BCUT2D eigenvalue weighted by atomic mass is 9.49. The Labute approximate surface area is 149 Å². The summed E-state index contributed by atoms with van der Waals surface area (Å²) in [5.41, 5.74) is 0.935. The van der Waals surface area contributed by atoms with Crippen LogP contribution in [0.2, 0.25) is 0 Å². The van der Waals surface area contributed by atoms with Crippen molar-refractivity contribution >= 4 is 5.91 Å². The van der Waals surface area contributed by atoms with Crippen LogP contribution in [0.25, 0.3) is 0 Å². The maximum absolute atomic E-state index is 12.5. The van der Waals surface area contributed by atoms with Gasteiger partial charge in [-0.1, -0.05) is 0 Å². The predicted octanol–water partition coefficient (Wildman–Crippen LogP) is 3.66. The largest absolute Gasteiger partial charge is 0.481 e. The molecule has 0 aliphatic heterocycles. The van der Waals surface area contributed by atoms with Crippen LogP contribution in [0.15, 0.2) is 24.3 Å². The highest BCUT2D eigenvalue weighted by atomic mass is 16.5. The third-order valence-corrected chi connectivity index (χ3v) is 6.47. The highest BCUT2D eigenvalue weighted by Gasteiger charge is 2.50. The summed E-state index contributed by atoms with van der Waals surface area (Å²) in [5.74, 6) is 3.28. The van der Waals surface area contributed by atoms with Crippen molar-refractivity contribution in [1.29, 1.82) is 5.26 Å². The minimum Gasteiger partial charge on any atom is -0.481 e. The van der Waals surface area contributed by atoms with Crippen LogP contribution in [0.1, 0.15) is 51.0 Å². The van der Waals surface area contributed by atoms with Crippen molar-refractivity contribution in [2.24, 2.45) is 23.2 Å². The van der Waals surface area contributed by atoms with Crippen LogP contribution in [-0.2, 0) is 4.79 Å². The molecule has 0 spiro atoms. The van der Waals surface area contributed by atoms with Gasteiger partial charge in [0.1, 0.15) is 5.75 Å². The molecular weight excluding hydrogens is 312 g/mol. The molecule has 1 unspecified atom stereocenters. The van der Waals surface area contributed by atoms with Gasteiger partial charge in [0.15, 0.2) is 6.10 Å². The fourth-order valence-corrected chi connectivity index (χ4v) is 5.79. The summed E-state index contributed by atoms with van der Waals surface area (Å²) < 4.78 is 5.73. The van der Waals surface area contributed by atoms with E-state index >= 15 is 0 Å². The number of nitriles is 1. The number of hydrogen-bond acceptors (Lipinski definition) is 3. The summed E-state index contributed by atoms with van der Waals surface area (Å²) >= 11 is 0. The first-order valence-corrected chi connectivity index (χ1v) is 9.50. The molecule has 4 fully saturated rings. The molecule has 1 aromatic carbocycles. The average molecular weight is 338 g/mol. The molecule has 1 N–H and O–H groups in total. The summed E-state index contributed by atoms with van der Waals surface area (Å²) in [7, 11) is 0. The zero-order chi connectivity index (χ0) is 17.4. The number of nitrogens with one attached hydrogen (secondary N) is 1. The molecule has 1 amide bonds. The van der Waals surface area contributed by atoms with E-state index in [1.54, 1.807) is 31.2 Å². The highest BCUT2D eigenvalue weighted by molar-refractivity contribution is 5.80. The molecule has 25 heavy (non-hydrogen) atoms. The van der Waals surface area contributed by atoms with E-state index in [0.717, 1.165) is 24.3 Å². The quantitative estimate of drug-likeness (QED) is 0.891. The third kappa shape index (κ3) is 3.38. The number of ether oxygens (including phenoxy) is 1. The summed E-state index contributed by atoms with van der Waals surface area (Å²) in [6.45, 7) is 2.59. The summed E-state index contributed by atoms with van der Waals surface area (Å²) in [6, 6.07) is 8.96. The van der Waals surface area contributed by atoms with Crippen molar-refractivity contribution < 1.29 is 9.53 Å². The van der Waals surface area contributed by atoms with Crippen LogP contribution in [0.3, 0.4) is 0 Å². The molecule has 4 saturated carbocycles. The van der Waals surface area contributed by atoms with E-state index in [-0.39, 0.29) is 5.91 Å². The fraction of sp³-hybridized carbons (Fsp3) is 0.619. The van der Waals surface area contributed by atoms with Gasteiger partial charge in [0, 0.05) is 6.54 Å². The second kappa shape index (κ2) is 6.37. The fourth-order valence-electron chi connectivity index (χ4n) is 5.79. The first-order chi connectivity index (χ1) is 12.0. The standard InChI is InChI=1S/C21H26N2O2/c1-14(25-19-4-2-15(12-22)3-5-19)20(24)23-13-21-9-16-6-17(10-21)8-18(7-16)11-21/h2-5,14,16-18H,6-11,13H2,1H3,(H,23,24). The van der Waals surface area contributed by atoms with Crippen LogP contribution in [0.5, 0.6) is 5.75 Å². The van der Waals surface area contributed by atoms with Gasteiger partial charge in [-0.15, -0.1) is 0 Å². The van der Waals surface area contributed by atoms with Gasteiger partial charge in [0.25, 0.3) is 5.91 Å². The lowest BCUT2D eigenvalue weighted by Gasteiger charge is -2.56. The molecule has 4 aliphatic rings. The number of benzene rings is 1. The molecule has 4 nitrogen and oxygen atoms in total. The molecule has 0 aromatic heterocycles. The van der Waals surface area contributed by atoms with Crippen molar-refractivity contribution in [2.45, 2.75) is 51.6 Å². The smallest absolute Gasteiger partial charge is 0.260 e. The lowest BCUT2D eigenvalue weighted by molar-refractivity contribution is -0.129. The van der Waals surface area contributed by atoms with Gasteiger partial charge in [-0.05, 0) is 92.9 Å². The van der Waals surface area contributed by atoms with E-state index in [9.17, 15) is 4.79 Å². The number of carbonyl (C=O) groups excluding carboxylic acids is 1. The molecule has 4 bridgehead atoms. The van der Waals surface area contributed by atoms with Crippen molar-refractivity contribution in [2.75, 3.05) is 6.54 Å². The van der Waals surface area contributed by atoms with Gasteiger partial charge in [-0.2, -0.15) is 5.26 Å². The Balaban J connectivity index is 1.32. The Morgan fingerprint density at radius 1 is 1.20 bits per heavy atom. The van der Waals surface area contributed by atoms with E-state index in [4.69, 9.17) is 10.00 Å². The first kappa shape index (κ1) is 16.4. The number of carbonyl (C=O) groups is 1. The molecule has 0 heterocycles. The van der Waals surface area contributed by atoms with Crippen molar-refractivity contribution in [3.63, 3.8) is 0 Å². The van der Waals surface area contributed by atoms with Crippen LogP contribution >= 0.6 is 0 Å².